The molecule has 0 unspecified atom stereocenters. The van der Waals surface area contributed by atoms with E-state index in [-0.39, 0.29) is 16.5 Å². The number of aryl methyl sites for hydroxylation is 1. The van der Waals surface area contributed by atoms with Gasteiger partial charge in [0.1, 0.15) is 6.04 Å². The summed E-state index contributed by atoms with van der Waals surface area (Å²) in [5, 5.41) is 8.55. The molecule has 2 heterocycles. The number of aromatic nitrogens is 5. The summed E-state index contributed by atoms with van der Waals surface area (Å²) in [5.41, 5.74) is 3.28. The molecule has 7 nitrogen and oxygen atoms in total. The van der Waals surface area contributed by atoms with Crippen molar-refractivity contribution < 1.29 is 4.79 Å². The van der Waals surface area contributed by atoms with Gasteiger partial charge in [0.05, 0.1) is 23.9 Å². The topological polar surface area (TPSA) is 82.7 Å². The standard InChI is InChI=1S/C29H23Cl2N5O2/c30-22-12-13-25(36-18-28(31)33-34-36)23(16-22)24-17-29(38)35(19-32-24)26(15-21-9-5-2-6-10-21)27(37)14-11-20-7-3-1-4-8-20/h1-10,12-13,16-19,26H,11,14-15H2/t26-/m0/s1. The zero-order valence-corrected chi connectivity index (χ0v) is 21.8. The van der Waals surface area contributed by atoms with Crippen LogP contribution in [0, 0.1) is 0 Å². The second kappa shape index (κ2) is 11.5. The first-order valence-corrected chi connectivity index (χ1v) is 12.8. The number of halogens is 2. The molecule has 0 amide bonds. The molecule has 190 valence electrons. The summed E-state index contributed by atoms with van der Waals surface area (Å²) in [4.78, 5) is 31.5. The van der Waals surface area contributed by atoms with Gasteiger partial charge in [-0.3, -0.25) is 14.2 Å². The molecule has 3 aromatic carbocycles. The Kier molecular flexibility index (Phi) is 7.77. The summed E-state index contributed by atoms with van der Waals surface area (Å²) in [5.74, 6) is -0.0324. The first kappa shape index (κ1) is 25.6. The van der Waals surface area contributed by atoms with Gasteiger partial charge in [0.15, 0.2) is 10.9 Å². The Bertz CT molecular complexity index is 1620. The minimum Gasteiger partial charge on any atom is -0.297 e. The summed E-state index contributed by atoms with van der Waals surface area (Å²) in [6.45, 7) is 0. The molecule has 1 atom stereocenters. The lowest BCUT2D eigenvalue weighted by Crippen LogP contribution is -2.31. The monoisotopic (exact) mass is 543 g/mol. The number of hydrogen-bond donors (Lipinski definition) is 0. The minimum absolute atomic E-state index is 0.0324. The predicted molar refractivity (Wildman–Crippen MR) is 148 cm³/mol. The van der Waals surface area contributed by atoms with E-state index >= 15 is 0 Å². The maximum absolute atomic E-state index is 13.5. The summed E-state index contributed by atoms with van der Waals surface area (Å²) in [6, 6.07) is 25.4. The van der Waals surface area contributed by atoms with Crippen LogP contribution in [0.4, 0.5) is 0 Å². The lowest BCUT2D eigenvalue weighted by atomic mass is 9.97. The molecule has 9 heteroatoms. The maximum atomic E-state index is 13.5. The molecule has 2 aromatic heterocycles. The second-order valence-corrected chi connectivity index (χ2v) is 9.65. The van der Waals surface area contributed by atoms with Gasteiger partial charge in [-0.1, -0.05) is 89.1 Å². The van der Waals surface area contributed by atoms with E-state index in [1.807, 2.05) is 60.7 Å². The molecule has 0 bridgehead atoms. The van der Waals surface area contributed by atoms with Gasteiger partial charge in [0.2, 0.25) is 0 Å². The molecule has 38 heavy (non-hydrogen) atoms. The number of nitrogens with zero attached hydrogens (tertiary/aromatic N) is 5. The quantitative estimate of drug-likeness (QED) is 0.235. The molecule has 0 radical (unpaired) electrons. The van der Waals surface area contributed by atoms with Crippen molar-refractivity contribution in [3.8, 4) is 16.9 Å². The summed E-state index contributed by atoms with van der Waals surface area (Å²) >= 11 is 12.2. The number of ketones is 1. The van der Waals surface area contributed by atoms with Gasteiger partial charge in [-0.15, -0.1) is 5.10 Å². The van der Waals surface area contributed by atoms with Crippen LogP contribution in [0.2, 0.25) is 10.2 Å². The lowest BCUT2D eigenvalue weighted by Gasteiger charge is -2.19. The van der Waals surface area contributed by atoms with Gasteiger partial charge in [0.25, 0.3) is 5.56 Å². The van der Waals surface area contributed by atoms with Crippen LogP contribution < -0.4 is 5.56 Å². The zero-order chi connectivity index (χ0) is 26.5. The van der Waals surface area contributed by atoms with E-state index in [9.17, 15) is 9.59 Å². The largest absolute Gasteiger partial charge is 0.297 e. The Morgan fingerprint density at radius 1 is 0.895 bits per heavy atom. The molecule has 0 aliphatic rings. The van der Waals surface area contributed by atoms with Gasteiger partial charge < -0.3 is 0 Å². The van der Waals surface area contributed by atoms with Crippen molar-refractivity contribution in [2.24, 2.45) is 0 Å². The van der Waals surface area contributed by atoms with E-state index in [2.05, 4.69) is 15.3 Å². The highest BCUT2D eigenvalue weighted by Gasteiger charge is 2.23. The summed E-state index contributed by atoms with van der Waals surface area (Å²) < 4.78 is 2.91. The fourth-order valence-corrected chi connectivity index (χ4v) is 4.65. The average Bonchev–Trinajstić information content (AvgIpc) is 3.37. The molecule has 0 spiro atoms. The van der Waals surface area contributed by atoms with E-state index in [1.54, 1.807) is 24.4 Å². The first-order chi connectivity index (χ1) is 18.5. The lowest BCUT2D eigenvalue weighted by molar-refractivity contribution is -0.122. The average molecular weight is 544 g/mol. The van der Waals surface area contributed by atoms with Crippen molar-refractivity contribution in [1.82, 2.24) is 24.5 Å². The van der Waals surface area contributed by atoms with Crippen molar-refractivity contribution in [2.75, 3.05) is 0 Å². The molecule has 0 N–H and O–H groups in total. The Balaban J connectivity index is 1.49. The molecular formula is C29H23Cl2N5O2. The van der Waals surface area contributed by atoms with Crippen molar-refractivity contribution in [3.63, 3.8) is 0 Å². The third kappa shape index (κ3) is 5.90. The van der Waals surface area contributed by atoms with E-state index in [1.165, 1.54) is 21.6 Å². The molecule has 5 aromatic rings. The number of benzene rings is 3. The normalized spacial score (nSPS) is 11.8. The van der Waals surface area contributed by atoms with Gasteiger partial charge >= 0.3 is 0 Å². The molecule has 5 rings (SSSR count). The van der Waals surface area contributed by atoms with Crippen molar-refractivity contribution in [1.29, 1.82) is 0 Å². The predicted octanol–water partition coefficient (Wildman–Crippen LogP) is 5.78. The Labute approximate surface area is 229 Å². The highest BCUT2D eigenvalue weighted by molar-refractivity contribution is 6.31. The summed E-state index contributed by atoms with van der Waals surface area (Å²) in [6.07, 6.45) is 4.27. The van der Waals surface area contributed by atoms with Crippen LogP contribution in [0.15, 0.2) is 102 Å². The molecule has 0 saturated carbocycles. The molecule has 0 aliphatic carbocycles. The highest BCUT2D eigenvalue weighted by Crippen LogP contribution is 2.28. The SMILES string of the molecule is O=C(CCc1ccccc1)[C@H](Cc1ccccc1)n1cnc(-c2cc(Cl)ccc2-n2cc(Cl)nn2)cc1=O. The molecule has 0 aliphatic heterocycles. The van der Waals surface area contributed by atoms with Crippen LogP contribution in [-0.2, 0) is 17.6 Å². The minimum atomic E-state index is -0.692. The van der Waals surface area contributed by atoms with Crippen LogP contribution in [0.25, 0.3) is 16.9 Å². The van der Waals surface area contributed by atoms with Crippen LogP contribution in [0.5, 0.6) is 0 Å². The molecule has 0 saturated heterocycles. The van der Waals surface area contributed by atoms with Crippen LogP contribution in [0.1, 0.15) is 23.6 Å². The molecular weight excluding hydrogens is 521 g/mol. The number of rotatable bonds is 9. The van der Waals surface area contributed by atoms with Gasteiger partial charge in [0, 0.05) is 29.5 Å². The number of carbonyl (C=O) groups is 1. The zero-order valence-electron chi connectivity index (χ0n) is 20.2. The number of carbonyl (C=O) groups excluding carboxylic acids is 1. The number of Topliss-reactive ketones (excluding diaryl/α,β-unsaturated/α-hetero) is 1. The van der Waals surface area contributed by atoms with E-state index in [0.717, 1.165) is 11.1 Å². The fourth-order valence-electron chi connectivity index (χ4n) is 4.35. The van der Waals surface area contributed by atoms with Gasteiger partial charge in [-0.2, -0.15) is 0 Å². The van der Waals surface area contributed by atoms with Gasteiger partial charge in [-0.05, 0) is 35.7 Å². The third-order valence-electron chi connectivity index (χ3n) is 6.26. The van der Waals surface area contributed by atoms with Crippen LogP contribution >= 0.6 is 23.2 Å². The Morgan fingerprint density at radius 3 is 2.26 bits per heavy atom. The highest BCUT2D eigenvalue weighted by atomic mass is 35.5. The van der Waals surface area contributed by atoms with E-state index in [0.29, 0.717) is 41.2 Å². The van der Waals surface area contributed by atoms with Crippen LogP contribution in [-0.4, -0.2) is 30.3 Å². The second-order valence-electron chi connectivity index (χ2n) is 8.82. The van der Waals surface area contributed by atoms with Crippen LogP contribution in [0.3, 0.4) is 0 Å². The third-order valence-corrected chi connectivity index (χ3v) is 6.67. The Hall–Kier alpha value is -4.07. The van der Waals surface area contributed by atoms with Crippen molar-refractivity contribution >= 4 is 29.0 Å². The fraction of sp³-hybridized carbons (Fsp3) is 0.138. The molecule has 0 fully saturated rings. The van der Waals surface area contributed by atoms with E-state index < -0.39 is 6.04 Å². The Morgan fingerprint density at radius 2 is 1.61 bits per heavy atom. The van der Waals surface area contributed by atoms with Crippen molar-refractivity contribution in [3.05, 3.63) is 129 Å². The van der Waals surface area contributed by atoms with Crippen molar-refractivity contribution in [2.45, 2.75) is 25.3 Å². The smallest absolute Gasteiger partial charge is 0.254 e. The number of hydrogen-bond acceptors (Lipinski definition) is 5. The summed E-state index contributed by atoms with van der Waals surface area (Å²) in [7, 11) is 0. The first-order valence-electron chi connectivity index (χ1n) is 12.0. The van der Waals surface area contributed by atoms with E-state index in [4.69, 9.17) is 23.2 Å². The van der Waals surface area contributed by atoms with Gasteiger partial charge in [-0.25, -0.2) is 9.67 Å². The maximum Gasteiger partial charge on any atom is 0.254 e.